The lowest BCUT2D eigenvalue weighted by Crippen LogP contribution is -1.99. The molecule has 0 aliphatic heterocycles. The van der Waals surface area contributed by atoms with Gasteiger partial charge in [-0.15, -0.1) is 0 Å². The molecule has 2 heterocycles. The van der Waals surface area contributed by atoms with Crippen LogP contribution in [0.15, 0.2) is 24.3 Å². The molecule has 1 aromatic carbocycles. The van der Waals surface area contributed by atoms with E-state index in [0.717, 1.165) is 22.2 Å². The second-order valence-corrected chi connectivity index (χ2v) is 5.06. The molecule has 0 fully saturated rings. The van der Waals surface area contributed by atoms with Crippen molar-refractivity contribution in [2.75, 3.05) is 0 Å². The largest absolute Gasteiger partial charge is 0.476 e. The topological polar surface area (TPSA) is 70.9 Å². The standard InChI is InChI=1S/C14H12ClN3O2/c1-7-5-9-10(16-7)4-3-8(13(9)15)12-6-11(14(19)20)17-18(12)2/h3-6,16H,1-2H3,(H,19,20). The van der Waals surface area contributed by atoms with Gasteiger partial charge in [0.15, 0.2) is 5.69 Å². The Balaban J connectivity index is 2.24. The molecule has 2 N–H and O–H groups in total. The van der Waals surface area contributed by atoms with Crippen LogP contribution < -0.4 is 0 Å². The third kappa shape index (κ3) is 1.87. The van der Waals surface area contributed by atoms with E-state index in [1.54, 1.807) is 7.05 Å². The highest BCUT2D eigenvalue weighted by molar-refractivity contribution is 6.38. The zero-order chi connectivity index (χ0) is 14.4. The number of H-pyrrole nitrogens is 1. The number of hydrogen-bond acceptors (Lipinski definition) is 2. The number of nitrogens with one attached hydrogen (secondary N) is 1. The number of carbonyl (C=O) groups is 1. The second-order valence-electron chi connectivity index (χ2n) is 4.68. The number of aromatic nitrogens is 3. The number of aromatic amines is 1. The van der Waals surface area contributed by atoms with Crippen LogP contribution in [0, 0.1) is 6.92 Å². The number of aromatic carboxylic acids is 1. The van der Waals surface area contributed by atoms with Crippen LogP contribution in [0.4, 0.5) is 0 Å². The van der Waals surface area contributed by atoms with E-state index in [2.05, 4.69) is 10.1 Å². The molecule has 0 aliphatic rings. The van der Waals surface area contributed by atoms with Gasteiger partial charge in [0.25, 0.3) is 0 Å². The molecule has 0 aliphatic carbocycles. The van der Waals surface area contributed by atoms with Gasteiger partial charge in [-0.1, -0.05) is 11.6 Å². The van der Waals surface area contributed by atoms with E-state index in [0.29, 0.717) is 10.7 Å². The molecule has 3 rings (SSSR count). The lowest BCUT2D eigenvalue weighted by atomic mass is 10.1. The summed E-state index contributed by atoms with van der Waals surface area (Å²) >= 11 is 6.44. The van der Waals surface area contributed by atoms with Crippen LogP contribution in [0.1, 0.15) is 16.2 Å². The quantitative estimate of drug-likeness (QED) is 0.761. The Labute approximate surface area is 119 Å². The third-order valence-electron chi connectivity index (χ3n) is 3.25. The van der Waals surface area contributed by atoms with Crippen LogP contribution in [0.2, 0.25) is 5.02 Å². The molecule has 0 spiro atoms. The molecular weight excluding hydrogens is 278 g/mol. The first-order valence-corrected chi connectivity index (χ1v) is 6.40. The first kappa shape index (κ1) is 12.7. The highest BCUT2D eigenvalue weighted by atomic mass is 35.5. The van der Waals surface area contributed by atoms with Crippen LogP contribution in [0.25, 0.3) is 22.2 Å². The number of fused-ring (bicyclic) bond motifs is 1. The van der Waals surface area contributed by atoms with Gasteiger partial charge < -0.3 is 10.1 Å². The number of halogens is 1. The number of rotatable bonds is 2. The van der Waals surface area contributed by atoms with Crippen LogP contribution in [-0.4, -0.2) is 25.8 Å². The normalized spacial score (nSPS) is 11.2. The lowest BCUT2D eigenvalue weighted by Gasteiger charge is -2.05. The zero-order valence-electron chi connectivity index (χ0n) is 10.9. The van der Waals surface area contributed by atoms with Gasteiger partial charge in [-0.05, 0) is 31.2 Å². The smallest absolute Gasteiger partial charge is 0.356 e. The molecular formula is C14H12ClN3O2. The first-order valence-electron chi connectivity index (χ1n) is 6.03. The summed E-state index contributed by atoms with van der Waals surface area (Å²) in [6.07, 6.45) is 0. The van der Waals surface area contributed by atoms with Crippen LogP contribution in [-0.2, 0) is 7.05 Å². The minimum absolute atomic E-state index is 0.00362. The van der Waals surface area contributed by atoms with Crippen molar-refractivity contribution in [2.24, 2.45) is 7.05 Å². The maximum Gasteiger partial charge on any atom is 0.356 e. The molecule has 0 radical (unpaired) electrons. The van der Waals surface area contributed by atoms with Gasteiger partial charge in [-0.25, -0.2) is 4.79 Å². The summed E-state index contributed by atoms with van der Waals surface area (Å²) < 4.78 is 1.52. The summed E-state index contributed by atoms with van der Waals surface area (Å²) in [5.74, 6) is -1.05. The van der Waals surface area contributed by atoms with Crippen molar-refractivity contribution in [3.05, 3.63) is 40.7 Å². The monoisotopic (exact) mass is 289 g/mol. The fraction of sp³-hybridized carbons (Fsp3) is 0.143. The third-order valence-corrected chi connectivity index (χ3v) is 3.65. The molecule has 0 saturated carbocycles. The summed E-state index contributed by atoms with van der Waals surface area (Å²) in [7, 11) is 1.70. The fourth-order valence-corrected chi connectivity index (χ4v) is 2.65. The van der Waals surface area contributed by atoms with E-state index in [1.807, 2.05) is 25.1 Å². The van der Waals surface area contributed by atoms with Crippen molar-refractivity contribution in [3.63, 3.8) is 0 Å². The second kappa shape index (κ2) is 4.38. The number of hydrogen-bond donors (Lipinski definition) is 2. The van der Waals surface area contributed by atoms with Gasteiger partial charge >= 0.3 is 5.97 Å². The van der Waals surface area contributed by atoms with Crippen molar-refractivity contribution >= 4 is 28.5 Å². The predicted octanol–water partition coefficient (Wildman–Crippen LogP) is 3.23. The highest BCUT2D eigenvalue weighted by Gasteiger charge is 2.16. The van der Waals surface area contributed by atoms with Gasteiger partial charge in [-0.3, -0.25) is 4.68 Å². The summed E-state index contributed by atoms with van der Waals surface area (Å²) in [5, 5.41) is 14.5. The Morgan fingerprint density at radius 1 is 1.40 bits per heavy atom. The van der Waals surface area contributed by atoms with E-state index in [1.165, 1.54) is 10.7 Å². The van der Waals surface area contributed by atoms with E-state index in [9.17, 15) is 4.79 Å². The van der Waals surface area contributed by atoms with Gasteiger partial charge in [0.05, 0.1) is 10.7 Å². The maximum atomic E-state index is 11.0. The minimum Gasteiger partial charge on any atom is -0.476 e. The fourth-order valence-electron chi connectivity index (χ4n) is 2.33. The Morgan fingerprint density at radius 3 is 2.80 bits per heavy atom. The summed E-state index contributed by atoms with van der Waals surface area (Å²) in [5.41, 5.74) is 3.42. The number of carboxylic acid groups (broad SMARTS) is 1. The average molecular weight is 290 g/mol. The lowest BCUT2D eigenvalue weighted by molar-refractivity contribution is 0.0689. The molecule has 0 bridgehead atoms. The highest BCUT2D eigenvalue weighted by Crippen LogP contribution is 2.34. The molecule has 20 heavy (non-hydrogen) atoms. The molecule has 5 nitrogen and oxygen atoms in total. The molecule has 6 heteroatoms. The summed E-state index contributed by atoms with van der Waals surface area (Å²) in [4.78, 5) is 14.2. The van der Waals surface area contributed by atoms with Crippen molar-refractivity contribution in [2.45, 2.75) is 6.92 Å². The number of benzene rings is 1. The number of aryl methyl sites for hydroxylation is 2. The number of nitrogens with zero attached hydrogens (tertiary/aromatic N) is 2. The van der Waals surface area contributed by atoms with Crippen LogP contribution in [0.5, 0.6) is 0 Å². The summed E-state index contributed by atoms with van der Waals surface area (Å²) in [6.45, 7) is 1.96. The van der Waals surface area contributed by atoms with Gasteiger partial charge in [-0.2, -0.15) is 5.10 Å². The van der Waals surface area contributed by atoms with Gasteiger partial charge in [0, 0.05) is 29.2 Å². The maximum absolute atomic E-state index is 11.0. The van der Waals surface area contributed by atoms with Gasteiger partial charge in [0.1, 0.15) is 0 Å². The molecule has 102 valence electrons. The van der Waals surface area contributed by atoms with E-state index in [4.69, 9.17) is 16.7 Å². The Kier molecular flexibility index (Phi) is 2.79. The Bertz CT molecular complexity index is 832. The van der Waals surface area contributed by atoms with E-state index in [-0.39, 0.29) is 5.69 Å². The van der Waals surface area contributed by atoms with Crippen LogP contribution in [0.3, 0.4) is 0 Å². The molecule has 0 saturated heterocycles. The van der Waals surface area contributed by atoms with Crippen molar-refractivity contribution in [1.82, 2.24) is 14.8 Å². The van der Waals surface area contributed by atoms with E-state index >= 15 is 0 Å². The predicted molar refractivity (Wildman–Crippen MR) is 77.2 cm³/mol. The first-order chi connectivity index (χ1) is 9.47. The van der Waals surface area contributed by atoms with Gasteiger partial charge in [0.2, 0.25) is 0 Å². The average Bonchev–Trinajstić information content (AvgIpc) is 2.93. The Morgan fingerprint density at radius 2 is 2.15 bits per heavy atom. The molecule has 0 amide bonds. The molecule has 0 unspecified atom stereocenters. The van der Waals surface area contributed by atoms with E-state index < -0.39 is 5.97 Å². The molecule has 0 atom stereocenters. The van der Waals surface area contributed by atoms with Crippen molar-refractivity contribution in [3.8, 4) is 11.3 Å². The SMILES string of the molecule is Cc1cc2c(Cl)c(-c3cc(C(=O)O)nn3C)ccc2[nH]1. The minimum atomic E-state index is -1.05. The van der Waals surface area contributed by atoms with Crippen molar-refractivity contribution < 1.29 is 9.90 Å². The van der Waals surface area contributed by atoms with Crippen molar-refractivity contribution in [1.29, 1.82) is 0 Å². The summed E-state index contributed by atoms with van der Waals surface area (Å²) in [6, 6.07) is 7.28. The zero-order valence-corrected chi connectivity index (χ0v) is 11.7. The molecule has 2 aromatic heterocycles. The molecule has 3 aromatic rings. The number of carboxylic acids is 1. The Hall–Kier alpha value is -2.27. The van der Waals surface area contributed by atoms with Crippen LogP contribution >= 0.6 is 11.6 Å².